The number of anilines is 1. The van der Waals surface area contributed by atoms with Crippen LogP contribution >= 0.6 is 11.3 Å². The summed E-state index contributed by atoms with van der Waals surface area (Å²) in [6.45, 7) is 0. The Bertz CT molecular complexity index is 888. The molecule has 128 valence electrons. The summed E-state index contributed by atoms with van der Waals surface area (Å²) < 4.78 is 0. The zero-order valence-corrected chi connectivity index (χ0v) is 14.3. The molecule has 1 aromatic carbocycles. The fourth-order valence-corrected chi connectivity index (χ4v) is 4.71. The largest absolute Gasteiger partial charge is 0.353 e. The molecule has 0 saturated heterocycles. The van der Waals surface area contributed by atoms with Crippen LogP contribution < -0.4 is 10.6 Å². The summed E-state index contributed by atoms with van der Waals surface area (Å²) in [7, 11) is 0. The van der Waals surface area contributed by atoms with Gasteiger partial charge in [0, 0.05) is 10.9 Å². The number of hydrogen-bond donors (Lipinski definition) is 2. The third kappa shape index (κ3) is 2.91. The molecule has 1 aliphatic carbocycles. The lowest BCUT2D eigenvalue weighted by Crippen LogP contribution is -2.43. The van der Waals surface area contributed by atoms with Crippen molar-refractivity contribution in [3.63, 3.8) is 0 Å². The number of benzene rings is 1. The van der Waals surface area contributed by atoms with E-state index in [0.29, 0.717) is 5.56 Å². The number of nitrogens with zero attached hydrogens (tertiary/aromatic N) is 1. The van der Waals surface area contributed by atoms with Gasteiger partial charge in [-0.3, -0.25) is 14.9 Å². The molecule has 2 N–H and O–H groups in total. The second-order valence-corrected chi connectivity index (χ2v) is 7.29. The van der Waals surface area contributed by atoms with Crippen LogP contribution in [0, 0.1) is 10.1 Å². The summed E-state index contributed by atoms with van der Waals surface area (Å²) in [5.74, 6) is -0.0645. The molecule has 1 aromatic heterocycles. The Balaban J connectivity index is 1.59. The number of aryl methyl sites for hydroxylation is 1. The fourth-order valence-electron chi connectivity index (χ4n) is 3.39. The maximum absolute atomic E-state index is 12.5. The zero-order chi connectivity index (χ0) is 17.4. The molecule has 2 aliphatic rings. The van der Waals surface area contributed by atoms with Gasteiger partial charge in [-0.25, -0.2) is 0 Å². The minimum atomic E-state index is -0.405. The maximum Gasteiger partial charge on any atom is 0.276 e. The second-order valence-electron chi connectivity index (χ2n) is 6.19. The minimum absolute atomic E-state index is 0.0492. The Kier molecular flexibility index (Phi) is 4.01. The second kappa shape index (κ2) is 6.33. The number of nitrogens with one attached hydrogen (secondary N) is 2. The van der Waals surface area contributed by atoms with Crippen molar-refractivity contribution in [3.8, 4) is 0 Å². The van der Waals surface area contributed by atoms with Crippen molar-refractivity contribution in [3.05, 3.63) is 62.0 Å². The van der Waals surface area contributed by atoms with Gasteiger partial charge in [-0.1, -0.05) is 12.1 Å². The molecule has 0 bridgehead atoms. The van der Waals surface area contributed by atoms with Crippen LogP contribution in [0.3, 0.4) is 0 Å². The van der Waals surface area contributed by atoms with E-state index in [9.17, 15) is 14.9 Å². The minimum Gasteiger partial charge on any atom is -0.353 e. The topological polar surface area (TPSA) is 84.3 Å². The lowest BCUT2D eigenvalue weighted by Gasteiger charge is -2.24. The van der Waals surface area contributed by atoms with E-state index in [4.69, 9.17) is 0 Å². The summed E-state index contributed by atoms with van der Waals surface area (Å²) >= 11 is 1.66. The number of nitro groups is 1. The van der Waals surface area contributed by atoms with Crippen molar-refractivity contribution in [2.24, 2.45) is 0 Å². The molecule has 4 rings (SSSR count). The number of hydrogen-bond acceptors (Lipinski definition) is 5. The van der Waals surface area contributed by atoms with E-state index < -0.39 is 4.92 Å². The number of thiophene rings is 1. The summed E-state index contributed by atoms with van der Waals surface area (Å²) in [4.78, 5) is 24.5. The standard InChI is InChI=1S/C18H17N3O3S/c22-17-16-12-6-2-4-8-14(12)25-18(16)20-15(19-17)10-9-11-5-1-3-7-13(11)21(23)24/h1,3,5,7,9-10,15,20H,2,4,6,8H2,(H,19,22)/b10-9+. The summed E-state index contributed by atoms with van der Waals surface area (Å²) in [5, 5.41) is 18.3. The molecule has 0 radical (unpaired) electrons. The molecule has 1 aliphatic heterocycles. The van der Waals surface area contributed by atoms with Crippen LogP contribution in [-0.4, -0.2) is 17.0 Å². The number of carbonyl (C=O) groups is 1. The van der Waals surface area contributed by atoms with E-state index in [1.807, 2.05) is 0 Å². The monoisotopic (exact) mass is 355 g/mol. The highest BCUT2D eigenvalue weighted by atomic mass is 32.1. The van der Waals surface area contributed by atoms with Gasteiger partial charge >= 0.3 is 0 Å². The third-order valence-corrected chi connectivity index (χ3v) is 5.80. The van der Waals surface area contributed by atoms with Gasteiger partial charge in [0.1, 0.15) is 11.2 Å². The average Bonchev–Trinajstić information content (AvgIpc) is 2.99. The Morgan fingerprint density at radius 1 is 1.20 bits per heavy atom. The molecular weight excluding hydrogens is 338 g/mol. The Hall–Kier alpha value is -2.67. The normalized spacial score (nSPS) is 19.0. The summed E-state index contributed by atoms with van der Waals surface area (Å²) in [6, 6.07) is 6.55. The van der Waals surface area contributed by atoms with Gasteiger partial charge in [0.2, 0.25) is 0 Å². The first-order valence-corrected chi connectivity index (χ1v) is 9.08. The van der Waals surface area contributed by atoms with Gasteiger partial charge in [-0.05, 0) is 49.5 Å². The zero-order valence-electron chi connectivity index (χ0n) is 13.5. The molecule has 1 amide bonds. The first-order valence-electron chi connectivity index (χ1n) is 8.27. The van der Waals surface area contributed by atoms with Crippen LogP contribution in [0.15, 0.2) is 30.3 Å². The van der Waals surface area contributed by atoms with Crippen molar-refractivity contribution in [1.29, 1.82) is 0 Å². The molecule has 2 aromatic rings. The molecule has 7 heteroatoms. The number of rotatable bonds is 3. The van der Waals surface area contributed by atoms with Gasteiger partial charge in [-0.2, -0.15) is 0 Å². The lowest BCUT2D eigenvalue weighted by atomic mass is 9.94. The van der Waals surface area contributed by atoms with Crippen LogP contribution in [0.5, 0.6) is 0 Å². The molecule has 1 unspecified atom stereocenters. The van der Waals surface area contributed by atoms with Gasteiger partial charge in [0.25, 0.3) is 11.6 Å². The van der Waals surface area contributed by atoms with Crippen LogP contribution in [0.4, 0.5) is 10.7 Å². The third-order valence-electron chi connectivity index (χ3n) is 4.57. The van der Waals surface area contributed by atoms with E-state index in [0.717, 1.165) is 29.8 Å². The Morgan fingerprint density at radius 3 is 2.84 bits per heavy atom. The number of nitro benzene ring substituents is 1. The van der Waals surface area contributed by atoms with E-state index in [1.165, 1.54) is 22.9 Å². The molecule has 0 fully saturated rings. The SMILES string of the molecule is O=C1NC(/C=C/c2ccccc2[N+](=O)[O-])Nc2sc3c(c21)CCCC3. The smallest absolute Gasteiger partial charge is 0.276 e. The first-order chi connectivity index (χ1) is 12.1. The van der Waals surface area contributed by atoms with Crippen LogP contribution in [-0.2, 0) is 12.8 Å². The van der Waals surface area contributed by atoms with Crippen molar-refractivity contribution in [1.82, 2.24) is 5.32 Å². The van der Waals surface area contributed by atoms with Crippen LogP contribution in [0.1, 0.15) is 39.2 Å². The highest BCUT2D eigenvalue weighted by molar-refractivity contribution is 7.16. The van der Waals surface area contributed by atoms with E-state index >= 15 is 0 Å². The van der Waals surface area contributed by atoms with E-state index in [-0.39, 0.29) is 17.8 Å². The van der Waals surface area contributed by atoms with Gasteiger partial charge < -0.3 is 10.6 Å². The molecule has 6 nitrogen and oxygen atoms in total. The Morgan fingerprint density at radius 2 is 2.00 bits per heavy atom. The highest BCUT2D eigenvalue weighted by Gasteiger charge is 2.30. The van der Waals surface area contributed by atoms with Crippen molar-refractivity contribution in [2.75, 3.05) is 5.32 Å². The number of fused-ring (bicyclic) bond motifs is 3. The summed E-state index contributed by atoms with van der Waals surface area (Å²) in [5.41, 5.74) is 2.54. The first kappa shape index (κ1) is 15.8. The predicted octanol–water partition coefficient (Wildman–Crippen LogP) is 3.73. The average molecular weight is 355 g/mol. The number of para-hydroxylation sites is 1. The molecule has 1 atom stereocenters. The molecule has 2 heterocycles. The van der Waals surface area contributed by atoms with Gasteiger partial charge in [0.05, 0.1) is 16.1 Å². The maximum atomic E-state index is 12.5. The fraction of sp³-hybridized carbons (Fsp3) is 0.278. The van der Waals surface area contributed by atoms with Crippen molar-refractivity contribution < 1.29 is 9.72 Å². The molecular formula is C18H17N3O3S. The molecule has 0 saturated carbocycles. The quantitative estimate of drug-likeness (QED) is 0.649. The Labute approximate surface area is 148 Å². The number of amides is 1. The molecule has 25 heavy (non-hydrogen) atoms. The van der Waals surface area contributed by atoms with Crippen molar-refractivity contribution >= 4 is 34.0 Å². The summed E-state index contributed by atoms with van der Waals surface area (Å²) in [6.07, 6.45) is 7.36. The van der Waals surface area contributed by atoms with E-state index in [1.54, 1.807) is 41.7 Å². The van der Waals surface area contributed by atoms with E-state index in [2.05, 4.69) is 10.6 Å². The lowest BCUT2D eigenvalue weighted by molar-refractivity contribution is -0.385. The number of carbonyl (C=O) groups excluding carboxylic acids is 1. The van der Waals surface area contributed by atoms with Crippen molar-refractivity contribution in [2.45, 2.75) is 31.8 Å². The highest BCUT2D eigenvalue weighted by Crippen LogP contribution is 2.39. The van der Waals surface area contributed by atoms with Crippen LogP contribution in [0.25, 0.3) is 6.08 Å². The van der Waals surface area contributed by atoms with Gasteiger partial charge in [0.15, 0.2) is 0 Å². The van der Waals surface area contributed by atoms with Crippen LogP contribution in [0.2, 0.25) is 0 Å². The predicted molar refractivity (Wildman–Crippen MR) is 98.0 cm³/mol. The molecule has 0 spiro atoms. The van der Waals surface area contributed by atoms with Gasteiger partial charge in [-0.15, -0.1) is 11.3 Å².